The fourth-order valence-corrected chi connectivity index (χ4v) is 2.92. The lowest BCUT2D eigenvalue weighted by Crippen LogP contribution is -2.43. The van der Waals surface area contributed by atoms with Gasteiger partial charge in [-0.2, -0.15) is 0 Å². The number of nitrogens with one attached hydrogen (secondary N) is 1. The number of hydrogen-bond acceptors (Lipinski definition) is 4. The summed E-state index contributed by atoms with van der Waals surface area (Å²) in [6.45, 7) is 5.46. The van der Waals surface area contributed by atoms with Crippen LogP contribution in [0.1, 0.15) is 26.2 Å². The van der Waals surface area contributed by atoms with E-state index in [0.717, 1.165) is 36.5 Å². The fourth-order valence-electron chi connectivity index (χ4n) is 2.92. The van der Waals surface area contributed by atoms with E-state index in [2.05, 4.69) is 31.7 Å². The van der Waals surface area contributed by atoms with Gasteiger partial charge in [-0.3, -0.25) is 0 Å². The van der Waals surface area contributed by atoms with Crippen LogP contribution in [0.5, 0.6) is 0 Å². The van der Waals surface area contributed by atoms with E-state index in [1.54, 1.807) is 0 Å². The van der Waals surface area contributed by atoms with E-state index < -0.39 is 0 Å². The number of hydrogen-bond donors (Lipinski definition) is 1. The minimum Gasteiger partial charge on any atom is -0.355 e. The molecule has 0 radical (unpaired) electrons. The zero-order valence-corrected chi connectivity index (χ0v) is 12.3. The summed E-state index contributed by atoms with van der Waals surface area (Å²) in [5.41, 5.74) is 2.18. The number of anilines is 1. The van der Waals surface area contributed by atoms with E-state index in [1.807, 2.05) is 25.6 Å². The van der Waals surface area contributed by atoms with Crippen LogP contribution in [0.3, 0.4) is 0 Å². The molecular formula is C15H23N5. The lowest BCUT2D eigenvalue weighted by molar-refractivity contribution is 0.415. The van der Waals surface area contributed by atoms with Crippen LogP contribution >= 0.6 is 0 Å². The molecule has 20 heavy (non-hydrogen) atoms. The molecule has 0 spiro atoms. The van der Waals surface area contributed by atoms with Gasteiger partial charge in [0.25, 0.3) is 0 Å². The highest BCUT2D eigenvalue weighted by Gasteiger charge is 2.21. The summed E-state index contributed by atoms with van der Waals surface area (Å²) in [6.07, 6.45) is 7.33. The molecule has 0 amide bonds. The van der Waals surface area contributed by atoms with Crippen LogP contribution in [0.25, 0.3) is 11.0 Å². The molecule has 2 aromatic rings. The highest BCUT2D eigenvalue weighted by atomic mass is 15.2. The number of aryl methyl sites for hydroxylation is 1. The third-order valence-corrected chi connectivity index (χ3v) is 4.10. The first-order chi connectivity index (χ1) is 9.79. The van der Waals surface area contributed by atoms with Gasteiger partial charge in [0.1, 0.15) is 5.52 Å². The van der Waals surface area contributed by atoms with Crippen LogP contribution in [0.4, 0.5) is 5.82 Å². The Kier molecular flexibility index (Phi) is 3.87. The van der Waals surface area contributed by atoms with Crippen LogP contribution in [0.15, 0.2) is 18.6 Å². The summed E-state index contributed by atoms with van der Waals surface area (Å²) in [4.78, 5) is 11.4. The van der Waals surface area contributed by atoms with Gasteiger partial charge in [0.05, 0.1) is 11.8 Å². The largest absolute Gasteiger partial charge is 0.355 e. The third kappa shape index (κ3) is 2.50. The Balaban J connectivity index is 1.73. The SMILES string of the molecule is CCCNC1CCN(c2nccc3c2ncn3C)CC1. The van der Waals surface area contributed by atoms with Gasteiger partial charge in [-0.05, 0) is 31.9 Å². The van der Waals surface area contributed by atoms with Gasteiger partial charge in [0.2, 0.25) is 0 Å². The number of aromatic nitrogens is 3. The highest BCUT2D eigenvalue weighted by Crippen LogP contribution is 2.25. The average Bonchev–Trinajstić information content (AvgIpc) is 2.87. The lowest BCUT2D eigenvalue weighted by atomic mass is 10.0. The first-order valence-electron chi connectivity index (χ1n) is 7.54. The normalized spacial score (nSPS) is 17.0. The molecule has 5 nitrogen and oxygen atoms in total. The molecule has 0 aromatic carbocycles. The van der Waals surface area contributed by atoms with Crippen molar-refractivity contribution < 1.29 is 0 Å². The summed E-state index contributed by atoms with van der Waals surface area (Å²) in [5.74, 6) is 1.04. The predicted molar refractivity (Wildman–Crippen MR) is 82.0 cm³/mol. The molecule has 5 heteroatoms. The number of fused-ring (bicyclic) bond motifs is 1. The molecule has 1 aliphatic heterocycles. The number of pyridine rings is 1. The fraction of sp³-hybridized carbons (Fsp3) is 0.600. The summed E-state index contributed by atoms with van der Waals surface area (Å²) >= 11 is 0. The second-order valence-corrected chi connectivity index (χ2v) is 5.57. The van der Waals surface area contributed by atoms with Crippen molar-refractivity contribution in [2.24, 2.45) is 7.05 Å². The smallest absolute Gasteiger partial charge is 0.156 e. The molecule has 1 saturated heterocycles. The van der Waals surface area contributed by atoms with Crippen molar-refractivity contribution in [3.8, 4) is 0 Å². The van der Waals surface area contributed by atoms with E-state index in [4.69, 9.17) is 0 Å². The van der Waals surface area contributed by atoms with Crippen molar-refractivity contribution in [3.05, 3.63) is 18.6 Å². The Hall–Kier alpha value is -1.62. The minimum atomic E-state index is 0.661. The predicted octanol–water partition coefficient (Wildman–Crippen LogP) is 1.94. The zero-order chi connectivity index (χ0) is 13.9. The van der Waals surface area contributed by atoms with E-state index in [0.29, 0.717) is 6.04 Å². The molecule has 1 N–H and O–H groups in total. The first kappa shape index (κ1) is 13.4. The highest BCUT2D eigenvalue weighted by molar-refractivity contribution is 5.86. The van der Waals surface area contributed by atoms with Crippen molar-refractivity contribution >= 4 is 16.9 Å². The average molecular weight is 273 g/mol. The van der Waals surface area contributed by atoms with Gasteiger partial charge in [-0.25, -0.2) is 9.97 Å². The van der Waals surface area contributed by atoms with Gasteiger partial charge >= 0.3 is 0 Å². The second kappa shape index (κ2) is 5.79. The summed E-state index contributed by atoms with van der Waals surface area (Å²) in [7, 11) is 2.03. The van der Waals surface area contributed by atoms with Crippen LogP contribution in [-0.2, 0) is 7.05 Å². The summed E-state index contributed by atoms with van der Waals surface area (Å²) in [5, 5.41) is 3.62. The van der Waals surface area contributed by atoms with Crippen LogP contribution < -0.4 is 10.2 Å². The lowest BCUT2D eigenvalue weighted by Gasteiger charge is -2.33. The Morgan fingerprint density at radius 3 is 2.85 bits per heavy atom. The second-order valence-electron chi connectivity index (χ2n) is 5.57. The molecule has 0 aliphatic carbocycles. The molecule has 3 heterocycles. The maximum absolute atomic E-state index is 4.56. The molecule has 1 fully saturated rings. The van der Waals surface area contributed by atoms with Crippen molar-refractivity contribution in [2.75, 3.05) is 24.5 Å². The van der Waals surface area contributed by atoms with Gasteiger partial charge < -0.3 is 14.8 Å². The van der Waals surface area contributed by atoms with E-state index in [1.165, 1.54) is 19.3 Å². The van der Waals surface area contributed by atoms with E-state index in [9.17, 15) is 0 Å². The molecule has 0 unspecified atom stereocenters. The number of piperidine rings is 1. The molecule has 2 aromatic heterocycles. The molecular weight excluding hydrogens is 250 g/mol. The number of imidazole rings is 1. The number of nitrogens with zero attached hydrogens (tertiary/aromatic N) is 4. The summed E-state index contributed by atoms with van der Waals surface area (Å²) in [6, 6.07) is 2.69. The maximum atomic E-state index is 4.56. The Labute approximate surface area is 120 Å². The van der Waals surface area contributed by atoms with Gasteiger partial charge in [0, 0.05) is 32.4 Å². The number of rotatable bonds is 4. The maximum Gasteiger partial charge on any atom is 0.156 e. The Morgan fingerprint density at radius 1 is 1.30 bits per heavy atom. The molecule has 0 atom stereocenters. The van der Waals surface area contributed by atoms with Crippen LogP contribution in [0, 0.1) is 0 Å². The molecule has 0 saturated carbocycles. The molecule has 0 bridgehead atoms. The van der Waals surface area contributed by atoms with Gasteiger partial charge in [0.15, 0.2) is 5.82 Å². The Morgan fingerprint density at radius 2 is 2.10 bits per heavy atom. The summed E-state index contributed by atoms with van der Waals surface area (Å²) < 4.78 is 2.05. The van der Waals surface area contributed by atoms with Crippen molar-refractivity contribution in [3.63, 3.8) is 0 Å². The van der Waals surface area contributed by atoms with Gasteiger partial charge in [-0.1, -0.05) is 6.92 Å². The standard InChI is InChI=1S/C15H23N5/c1-3-7-16-12-5-9-20(10-6-12)15-14-13(4-8-17-15)19(2)11-18-14/h4,8,11-12,16H,3,5-7,9-10H2,1-2H3. The van der Waals surface area contributed by atoms with Crippen molar-refractivity contribution in [1.29, 1.82) is 0 Å². The third-order valence-electron chi connectivity index (χ3n) is 4.10. The zero-order valence-electron chi connectivity index (χ0n) is 12.3. The van der Waals surface area contributed by atoms with Gasteiger partial charge in [-0.15, -0.1) is 0 Å². The van der Waals surface area contributed by atoms with Crippen LogP contribution in [-0.4, -0.2) is 40.2 Å². The molecule has 1 aliphatic rings. The molecule has 3 rings (SSSR count). The molecule has 108 valence electrons. The van der Waals surface area contributed by atoms with Crippen molar-refractivity contribution in [1.82, 2.24) is 19.9 Å². The first-order valence-corrected chi connectivity index (χ1v) is 7.54. The Bertz CT molecular complexity index is 569. The monoisotopic (exact) mass is 273 g/mol. The quantitative estimate of drug-likeness (QED) is 0.924. The minimum absolute atomic E-state index is 0.661. The van der Waals surface area contributed by atoms with Crippen LogP contribution in [0.2, 0.25) is 0 Å². The van der Waals surface area contributed by atoms with Crippen molar-refractivity contribution in [2.45, 2.75) is 32.2 Å². The van der Waals surface area contributed by atoms with E-state index >= 15 is 0 Å². The topological polar surface area (TPSA) is 46.0 Å². The van der Waals surface area contributed by atoms with E-state index in [-0.39, 0.29) is 0 Å².